The number of fused-ring (bicyclic) bond motifs is 1. The van der Waals surface area contributed by atoms with Crippen molar-refractivity contribution < 1.29 is 9.18 Å². The number of amides is 2. The quantitative estimate of drug-likeness (QED) is 0.702. The third kappa shape index (κ3) is 4.28. The molecule has 1 N–H and O–H groups in total. The van der Waals surface area contributed by atoms with Crippen LogP contribution in [0.3, 0.4) is 0 Å². The first-order chi connectivity index (χ1) is 14.5. The van der Waals surface area contributed by atoms with E-state index in [1.54, 1.807) is 12.3 Å². The number of nitrogens with one attached hydrogen (secondary N) is 1. The van der Waals surface area contributed by atoms with Gasteiger partial charge in [0.05, 0.1) is 12.2 Å². The molecule has 158 valence electrons. The van der Waals surface area contributed by atoms with E-state index in [1.165, 1.54) is 12.1 Å². The maximum absolute atomic E-state index is 13.9. The molecule has 0 bridgehead atoms. The standard InChI is InChI=1S/C22H27FN6O/c1-3-16(2)25-22(30)28-12-10-27(11-13-28)15-20-26-19-8-5-9-24-21(19)29(20)18-7-4-6-17(23)14-18/h4-9,14,16H,3,10-13,15H2,1-2H3,(H,25,30)/t16-/m0/s1. The third-order valence-corrected chi connectivity index (χ3v) is 5.56. The number of carbonyl (C=O) groups is 1. The molecule has 3 aromatic rings. The zero-order valence-corrected chi connectivity index (χ0v) is 17.4. The van der Waals surface area contributed by atoms with Crippen LogP contribution in [0.2, 0.25) is 0 Å². The summed E-state index contributed by atoms with van der Waals surface area (Å²) in [5.41, 5.74) is 2.20. The SMILES string of the molecule is CC[C@H](C)NC(=O)N1CCN(Cc2nc3cccnc3n2-c2cccc(F)c2)CC1. The summed E-state index contributed by atoms with van der Waals surface area (Å²) in [4.78, 5) is 25.7. The summed E-state index contributed by atoms with van der Waals surface area (Å²) in [6.45, 7) is 7.53. The molecule has 1 saturated heterocycles. The maximum Gasteiger partial charge on any atom is 0.317 e. The lowest BCUT2D eigenvalue weighted by atomic mass is 10.2. The predicted molar refractivity (Wildman–Crippen MR) is 114 cm³/mol. The first-order valence-corrected chi connectivity index (χ1v) is 10.4. The van der Waals surface area contributed by atoms with Crippen LogP contribution in [0, 0.1) is 5.82 Å². The van der Waals surface area contributed by atoms with E-state index in [9.17, 15) is 9.18 Å². The molecule has 1 aromatic carbocycles. The summed E-state index contributed by atoms with van der Waals surface area (Å²) >= 11 is 0. The normalized spacial score (nSPS) is 16.0. The molecule has 0 spiro atoms. The van der Waals surface area contributed by atoms with Crippen LogP contribution < -0.4 is 5.32 Å². The van der Waals surface area contributed by atoms with Crippen molar-refractivity contribution in [2.24, 2.45) is 0 Å². The molecule has 1 fully saturated rings. The minimum Gasteiger partial charge on any atom is -0.336 e. The molecular weight excluding hydrogens is 383 g/mol. The number of halogens is 1. The number of hydrogen-bond donors (Lipinski definition) is 1. The Morgan fingerprint density at radius 2 is 2.00 bits per heavy atom. The van der Waals surface area contributed by atoms with Gasteiger partial charge in [0.25, 0.3) is 0 Å². The second-order valence-electron chi connectivity index (χ2n) is 7.71. The number of piperazine rings is 1. The van der Waals surface area contributed by atoms with Gasteiger partial charge in [0.1, 0.15) is 17.2 Å². The van der Waals surface area contributed by atoms with Gasteiger partial charge in [-0.15, -0.1) is 0 Å². The van der Waals surface area contributed by atoms with Gasteiger partial charge in [-0.2, -0.15) is 0 Å². The van der Waals surface area contributed by atoms with E-state index in [0.717, 1.165) is 30.9 Å². The Balaban J connectivity index is 1.51. The van der Waals surface area contributed by atoms with E-state index in [2.05, 4.69) is 22.1 Å². The Bertz CT molecular complexity index is 1030. The molecule has 2 aromatic heterocycles. The molecule has 0 radical (unpaired) electrons. The number of rotatable bonds is 5. The number of imidazole rings is 1. The second-order valence-corrected chi connectivity index (χ2v) is 7.71. The van der Waals surface area contributed by atoms with Gasteiger partial charge in [0.2, 0.25) is 0 Å². The molecule has 0 unspecified atom stereocenters. The van der Waals surface area contributed by atoms with Crippen LogP contribution in [-0.2, 0) is 6.54 Å². The highest BCUT2D eigenvalue weighted by atomic mass is 19.1. The van der Waals surface area contributed by atoms with Crippen molar-refractivity contribution in [3.05, 3.63) is 54.2 Å². The van der Waals surface area contributed by atoms with E-state index in [1.807, 2.05) is 34.6 Å². The van der Waals surface area contributed by atoms with Crippen LogP contribution in [0.15, 0.2) is 42.6 Å². The Morgan fingerprint density at radius 3 is 2.73 bits per heavy atom. The third-order valence-electron chi connectivity index (χ3n) is 5.56. The highest BCUT2D eigenvalue weighted by molar-refractivity contribution is 5.75. The number of aromatic nitrogens is 3. The van der Waals surface area contributed by atoms with Gasteiger partial charge < -0.3 is 10.2 Å². The van der Waals surface area contributed by atoms with E-state index in [0.29, 0.717) is 31.0 Å². The minimum atomic E-state index is -0.294. The lowest BCUT2D eigenvalue weighted by molar-refractivity contribution is 0.131. The number of nitrogens with zero attached hydrogens (tertiary/aromatic N) is 5. The average molecular weight is 410 g/mol. The Kier molecular flexibility index (Phi) is 5.94. The molecule has 30 heavy (non-hydrogen) atoms. The Morgan fingerprint density at radius 1 is 1.20 bits per heavy atom. The van der Waals surface area contributed by atoms with E-state index < -0.39 is 0 Å². The van der Waals surface area contributed by atoms with Gasteiger partial charge in [0.15, 0.2) is 5.65 Å². The van der Waals surface area contributed by atoms with E-state index >= 15 is 0 Å². The molecule has 4 rings (SSSR count). The van der Waals surface area contributed by atoms with Crippen LogP contribution >= 0.6 is 0 Å². The Labute approximate surface area is 175 Å². The molecule has 3 heterocycles. The highest BCUT2D eigenvalue weighted by Crippen LogP contribution is 2.22. The summed E-state index contributed by atoms with van der Waals surface area (Å²) in [5.74, 6) is 0.518. The van der Waals surface area contributed by atoms with Gasteiger partial charge in [0, 0.05) is 38.4 Å². The highest BCUT2D eigenvalue weighted by Gasteiger charge is 2.24. The molecule has 8 heteroatoms. The van der Waals surface area contributed by atoms with Crippen molar-refractivity contribution in [1.82, 2.24) is 29.7 Å². The van der Waals surface area contributed by atoms with Crippen molar-refractivity contribution in [2.45, 2.75) is 32.9 Å². The Hall–Kier alpha value is -3.00. The predicted octanol–water partition coefficient (Wildman–Crippen LogP) is 3.19. The summed E-state index contributed by atoms with van der Waals surface area (Å²) in [7, 11) is 0. The lowest BCUT2D eigenvalue weighted by Crippen LogP contribution is -2.52. The van der Waals surface area contributed by atoms with Crippen LogP contribution in [-0.4, -0.2) is 62.6 Å². The first kappa shape index (κ1) is 20.3. The fraction of sp³-hybridized carbons (Fsp3) is 0.409. The topological polar surface area (TPSA) is 66.3 Å². The van der Waals surface area contributed by atoms with Crippen LogP contribution in [0.4, 0.5) is 9.18 Å². The van der Waals surface area contributed by atoms with E-state index in [-0.39, 0.29) is 17.9 Å². The van der Waals surface area contributed by atoms with E-state index in [4.69, 9.17) is 4.98 Å². The van der Waals surface area contributed by atoms with Gasteiger partial charge in [-0.05, 0) is 43.7 Å². The van der Waals surface area contributed by atoms with Crippen LogP contribution in [0.1, 0.15) is 26.1 Å². The monoisotopic (exact) mass is 410 g/mol. The average Bonchev–Trinajstić information content (AvgIpc) is 3.11. The molecule has 1 aliphatic heterocycles. The van der Waals surface area contributed by atoms with Crippen molar-refractivity contribution >= 4 is 17.2 Å². The maximum atomic E-state index is 13.9. The number of urea groups is 1. The summed E-state index contributed by atoms with van der Waals surface area (Å²) in [6.07, 6.45) is 2.63. The zero-order valence-electron chi connectivity index (χ0n) is 17.4. The van der Waals surface area contributed by atoms with Crippen molar-refractivity contribution in [2.75, 3.05) is 26.2 Å². The fourth-order valence-electron chi connectivity index (χ4n) is 3.67. The van der Waals surface area contributed by atoms with Crippen LogP contribution in [0.25, 0.3) is 16.9 Å². The van der Waals surface area contributed by atoms with Crippen molar-refractivity contribution in [3.63, 3.8) is 0 Å². The summed E-state index contributed by atoms with van der Waals surface area (Å²) < 4.78 is 15.8. The smallest absolute Gasteiger partial charge is 0.317 e. The van der Waals surface area contributed by atoms with Gasteiger partial charge in [-0.25, -0.2) is 19.2 Å². The summed E-state index contributed by atoms with van der Waals surface area (Å²) in [6, 6.07) is 10.4. The van der Waals surface area contributed by atoms with Crippen LogP contribution in [0.5, 0.6) is 0 Å². The number of pyridine rings is 1. The molecule has 0 saturated carbocycles. The molecular formula is C22H27FN6O. The van der Waals surface area contributed by atoms with Crippen molar-refractivity contribution in [1.29, 1.82) is 0 Å². The van der Waals surface area contributed by atoms with Gasteiger partial charge >= 0.3 is 6.03 Å². The largest absolute Gasteiger partial charge is 0.336 e. The number of carbonyl (C=O) groups excluding carboxylic acids is 1. The first-order valence-electron chi connectivity index (χ1n) is 10.4. The minimum absolute atomic E-state index is 0.000185. The molecule has 0 aliphatic carbocycles. The number of benzene rings is 1. The number of hydrogen-bond acceptors (Lipinski definition) is 4. The second kappa shape index (κ2) is 8.79. The molecule has 1 aliphatic rings. The molecule has 2 amide bonds. The zero-order chi connectivity index (χ0) is 21.1. The fourth-order valence-corrected chi connectivity index (χ4v) is 3.67. The molecule has 7 nitrogen and oxygen atoms in total. The lowest BCUT2D eigenvalue weighted by Gasteiger charge is -2.35. The van der Waals surface area contributed by atoms with Crippen molar-refractivity contribution in [3.8, 4) is 5.69 Å². The molecule has 1 atom stereocenters. The van der Waals surface area contributed by atoms with Gasteiger partial charge in [-0.1, -0.05) is 13.0 Å². The van der Waals surface area contributed by atoms with Gasteiger partial charge in [-0.3, -0.25) is 9.47 Å². The summed E-state index contributed by atoms with van der Waals surface area (Å²) in [5, 5.41) is 3.03.